The van der Waals surface area contributed by atoms with Crippen LogP contribution >= 0.6 is 11.3 Å². The third kappa shape index (κ3) is 4.26. The van der Waals surface area contributed by atoms with Crippen LogP contribution in [0.1, 0.15) is 24.6 Å². The first-order valence-corrected chi connectivity index (χ1v) is 7.60. The van der Waals surface area contributed by atoms with Gasteiger partial charge < -0.3 is 4.74 Å². The number of nitro benzene ring substituents is 1. The molecule has 0 saturated heterocycles. The maximum absolute atomic E-state index is 11.1. The van der Waals surface area contributed by atoms with E-state index in [0.717, 1.165) is 12.1 Å². The zero-order valence-corrected chi connectivity index (χ0v) is 13.1. The van der Waals surface area contributed by atoms with Crippen LogP contribution in [0.5, 0.6) is 5.75 Å². The number of rotatable bonds is 7. The second kappa shape index (κ2) is 7.51. The minimum atomic E-state index is -0.458. The maximum Gasteiger partial charge on any atom is 0.311 e. The van der Waals surface area contributed by atoms with Crippen LogP contribution in [0.2, 0.25) is 0 Å². The van der Waals surface area contributed by atoms with Crippen LogP contribution in [0, 0.1) is 17.0 Å². The molecular formula is C14H16N4O3S. The lowest BCUT2D eigenvalue weighted by atomic mass is 10.2. The number of aromatic nitrogens is 1. The fourth-order valence-electron chi connectivity index (χ4n) is 1.66. The Hall–Kier alpha value is -2.48. The Morgan fingerprint density at radius 2 is 2.36 bits per heavy atom. The molecule has 2 rings (SSSR count). The number of aryl methyl sites for hydroxylation is 1. The summed E-state index contributed by atoms with van der Waals surface area (Å²) in [6.45, 7) is 4.28. The Morgan fingerprint density at radius 3 is 3.00 bits per heavy atom. The van der Waals surface area contributed by atoms with Gasteiger partial charge in [0.15, 0.2) is 5.75 Å². The molecule has 1 N–H and O–H groups in total. The van der Waals surface area contributed by atoms with E-state index in [1.165, 1.54) is 23.6 Å². The van der Waals surface area contributed by atoms with E-state index in [9.17, 15) is 10.1 Å². The van der Waals surface area contributed by atoms with Crippen LogP contribution in [0.25, 0.3) is 0 Å². The fraction of sp³-hybridized carbons (Fsp3) is 0.286. The fourth-order valence-corrected chi connectivity index (χ4v) is 2.30. The van der Waals surface area contributed by atoms with Gasteiger partial charge in [0.25, 0.3) is 0 Å². The molecule has 116 valence electrons. The van der Waals surface area contributed by atoms with E-state index in [1.54, 1.807) is 12.1 Å². The normalized spacial score (nSPS) is 10.8. The van der Waals surface area contributed by atoms with Gasteiger partial charge in [-0.3, -0.25) is 15.5 Å². The van der Waals surface area contributed by atoms with Crippen molar-refractivity contribution in [3.63, 3.8) is 0 Å². The lowest BCUT2D eigenvalue weighted by molar-refractivity contribution is -0.385. The number of ether oxygens (including phenoxy) is 1. The van der Waals surface area contributed by atoms with Crippen LogP contribution in [-0.4, -0.2) is 22.7 Å². The summed E-state index contributed by atoms with van der Waals surface area (Å²) in [7, 11) is 0. The Kier molecular flexibility index (Phi) is 5.42. The number of nitro groups is 1. The SMILES string of the molecule is CCCOc1ccc(/C=N\Nc2nc(C)cs2)cc1[N+](=O)[O-]. The molecule has 1 aromatic carbocycles. The Morgan fingerprint density at radius 1 is 1.55 bits per heavy atom. The number of hydrazone groups is 1. The van der Waals surface area contributed by atoms with E-state index >= 15 is 0 Å². The minimum Gasteiger partial charge on any atom is -0.487 e. The number of hydrogen-bond acceptors (Lipinski definition) is 7. The highest BCUT2D eigenvalue weighted by atomic mass is 32.1. The molecule has 0 aliphatic rings. The molecule has 0 amide bonds. The van der Waals surface area contributed by atoms with E-state index in [2.05, 4.69) is 15.5 Å². The molecule has 0 spiro atoms. The minimum absolute atomic E-state index is 0.0671. The molecule has 0 aliphatic carbocycles. The molecule has 2 aromatic rings. The van der Waals surface area contributed by atoms with Gasteiger partial charge in [0.05, 0.1) is 23.4 Å². The average Bonchev–Trinajstić information content (AvgIpc) is 2.91. The van der Waals surface area contributed by atoms with Gasteiger partial charge in [-0.15, -0.1) is 11.3 Å². The summed E-state index contributed by atoms with van der Waals surface area (Å²) in [5, 5.41) is 17.7. The number of nitrogens with zero attached hydrogens (tertiary/aromatic N) is 3. The molecule has 0 unspecified atom stereocenters. The molecule has 0 saturated carbocycles. The van der Waals surface area contributed by atoms with Crippen molar-refractivity contribution in [3.05, 3.63) is 45.0 Å². The summed E-state index contributed by atoms with van der Waals surface area (Å²) in [4.78, 5) is 14.8. The molecule has 8 heteroatoms. The number of benzene rings is 1. The van der Waals surface area contributed by atoms with Crippen molar-refractivity contribution in [3.8, 4) is 5.75 Å². The van der Waals surface area contributed by atoms with Crippen LogP contribution in [0.15, 0.2) is 28.7 Å². The summed E-state index contributed by atoms with van der Waals surface area (Å²) in [5.74, 6) is 0.271. The van der Waals surface area contributed by atoms with Gasteiger partial charge >= 0.3 is 5.69 Å². The predicted molar refractivity (Wildman–Crippen MR) is 87.0 cm³/mol. The van der Waals surface area contributed by atoms with E-state index < -0.39 is 4.92 Å². The molecule has 7 nitrogen and oxygen atoms in total. The number of nitrogens with one attached hydrogen (secondary N) is 1. The van der Waals surface area contributed by atoms with Crippen molar-refractivity contribution in [2.24, 2.45) is 5.10 Å². The quantitative estimate of drug-likeness (QED) is 0.478. The van der Waals surface area contributed by atoms with Crippen LogP contribution in [0.3, 0.4) is 0 Å². The third-order valence-electron chi connectivity index (χ3n) is 2.63. The highest BCUT2D eigenvalue weighted by molar-refractivity contribution is 7.13. The lowest BCUT2D eigenvalue weighted by Crippen LogP contribution is -2.00. The first-order chi connectivity index (χ1) is 10.6. The molecular weight excluding hydrogens is 304 g/mol. The molecule has 1 heterocycles. The monoisotopic (exact) mass is 320 g/mol. The topological polar surface area (TPSA) is 89.7 Å². The van der Waals surface area contributed by atoms with Gasteiger partial charge in [0.1, 0.15) is 0 Å². The van der Waals surface area contributed by atoms with E-state index in [1.807, 2.05) is 19.2 Å². The maximum atomic E-state index is 11.1. The number of hydrogen-bond donors (Lipinski definition) is 1. The molecule has 0 aliphatic heterocycles. The smallest absolute Gasteiger partial charge is 0.311 e. The second-order valence-electron chi connectivity index (χ2n) is 4.50. The van der Waals surface area contributed by atoms with Gasteiger partial charge in [-0.05, 0) is 25.5 Å². The van der Waals surface area contributed by atoms with Gasteiger partial charge in [-0.25, -0.2) is 4.98 Å². The molecule has 0 fully saturated rings. The van der Waals surface area contributed by atoms with E-state index in [0.29, 0.717) is 17.3 Å². The Bertz CT molecular complexity index is 684. The molecule has 22 heavy (non-hydrogen) atoms. The van der Waals surface area contributed by atoms with Crippen LogP contribution < -0.4 is 10.2 Å². The van der Waals surface area contributed by atoms with Gasteiger partial charge in [-0.2, -0.15) is 5.10 Å². The number of thiazole rings is 1. The van der Waals surface area contributed by atoms with Crippen molar-refractivity contribution in [1.82, 2.24) is 4.98 Å². The average molecular weight is 320 g/mol. The summed E-state index contributed by atoms with van der Waals surface area (Å²) in [5.41, 5.74) is 4.24. The molecule has 1 aromatic heterocycles. The first-order valence-electron chi connectivity index (χ1n) is 6.72. The molecule has 0 bridgehead atoms. The number of anilines is 1. The van der Waals surface area contributed by atoms with Crippen molar-refractivity contribution in [2.45, 2.75) is 20.3 Å². The van der Waals surface area contributed by atoms with Crippen molar-refractivity contribution in [1.29, 1.82) is 0 Å². The third-order valence-corrected chi connectivity index (χ3v) is 3.50. The van der Waals surface area contributed by atoms with Gasteiger partial charge in [0, 0.05) is 17.0 Å². The first kappa shape index (κ1) is 15.9. The summed E-state index contributed by atoms with van der Waals surface area (Å²) in [6.07, 6.45) is 2.30. The lowest BCUT2D eigenvalue weighted by Gasteiger charge is -2.05. The summed E-state index contributed by atoms with van der Waals surface area (Å²) in [6, 6.07) is 4.74. The second-order valence-corrected chi connectivity index (χ2v) is 5.35. The highest BCUT2D eigenvalue weighted by Crippen LogP contribution is 2.27. The zero-order chi connectivity index (χ0) is 15.9. The van der Waals surface area contributed by atoms with Gasteiger partial charge in [0.2, 0.25) is 5.13 Å². The van der Waals surface area contributed by atoms with Crippen molar-refractivity contribution in [2.75, 3.05) is 12.0 Å². The Labute approximate surface area is 131 Å². The standard InChI is InChI=1S/C14H16N4O3S/c1-3-6-21-13-5-4-11(7-12(13)18(19)20)8-15-17-14-16-10(2)9-22-14/h4-5,7-9H,3,6H2,1-2H3,(H,16,17)/b15-8-. The largest absolute Gasteiger partial charge is 0.487 e. The highest BCUT2D eigenvalue weighted by Gasteiger charge is 2.15. The summed E-state index contributed by atoms with van der Waals surface area (Å²) < 4.78 is 5.37. The van der Waals surface area contributed by atoms with Crippen LogP contribution in [0.4, 0.5) is 10.8 Å². The summed E-state index contributed by atoms with van der Waals surface area (Å²) >= 11 is 1.44. The van der Waals surface area contributed by atoms with E-state index in [4.69, 9.17) is 4.74 Å². The predicted octanol–water partition coefficient (Wildman–Crippen LogP) is 3.59. The van der Waals surface area contributed by atoms with Crippen molar-refractivity contribution < 1.29 is 9.66 Å². The van der Waals surface area contributed by atoms with Gasteiger partial charge in [-0.1, -0.05) is 6.92 Å². The van der Waals surface area contributed by atoms with Crippen LogP contribution in [-0.2, 0) is 0 Å². The molecule has 0 radical (unpaired) electrons. The van der Waals surface area contributed by atoms with E-state index in [-0.39, 0.29) is 11.4 Å². The Balaban J connectivity index is 2.10. The van der Waals surface area contributed by atoms with Crippen molar-refractivity contribution >= 4 is 28.4 Å². The zero-order valence-electron chi connectivity index (χ0n) is 12.3. The molecule has 0 atom stereocenters.